The molecule has 2 fully saturated rings. The van der Waals surface area contributed by atoms with Gasteiger partial charge >= 0.3 is 0 Å². The van der Waals surface area contributed by atoms with Crippen molar-refractivity contribution in [2.24, 2.45) is 5.92 Å². The van der Waals surface area contributed by atoms with E-state index in [2.05, 4.69) is 11.1 Å². The van der Waals surface area contributed by atoms with Gasteiger partial charge in [0, 0.05) is 41.5 Å². The second-order valence-electron chi connectivity index (χ2n) is 6.33. The molecule has 2 aliphatic rings. The Kier molecular flexibility index (Phi) is 2.98. The van der Waals surface area contributed by atoms with Crippen molar-refractivity contribution in [1.29, 1.82) is 0 Å². The van der Waals surface area contributed by atoms with E-state index in [1.165, 1.54) is 11.8 Å². The third-order valence-electron chi connectivity index (χ3n) is 4.78. The summed E-state index contributed by atoms with van der Waals surface area (Å²) in [6.45, 7) is 1.70. The highest BCUT2D eigenvalue weighted by Crippen LogP contribution is 2.35. The van der Waals surface area contributed by atoms with E-state index in [0.29, 0.717) is 17.7 Å². The van der Waals surface area contributed by atoms with Crippen LogP contribution in [0.15, 0.2) is 24.3 Å². The van der Waals surface area contributed by atoms with Gasteiger partial charge < -0.3 is 9.88 Å². The molecule has 4 heteroatoms. The minimum Gasteiger partial charge on any atom is -0.358 e. The number of aromatic nitrogens is 1. The summed E-state index contributed by atoms with van der Waals surface area (Å²) in [5.74, 6) is 0.923. The fourth-order valence-electron chi connectivity index (χ4n) is 3.35. The molecular formula is C17H19FN2O. The van der Waals surface area contributed by atoms with E-state index in [1.54, 1.807) is 12.1 Å². The molecule has 1 aliphatic heterocycles. The van der Waals surface area contributed by atoms with Crippen LogP contribution in [-0.4, -0.2) is 28.9 Å². The Bertz CT molecular complexity index is 681. The smallest absolute Gasteiger partial charge is 0.225 e. The molecular weight excluding hydrogens is 267 g/mol. The molecule has 1 amide bonds. The maximum Gasteiger partial charge on any atom is 0.225 e. The van der Waals surface area contributed by atoms with Gasteiger partial charge in [-0.3, -0.25) is 4.79 Å². The number of benzene rings is 1. The fourth-order valence-corrected chi connectivity index (χ4v) is 3.35. The summed E-state index contributed by atoms with van der Waals surface area (Å²) < 4.78 is 13.3. The molecule has 0 atom stereocenters. The molecule has 1 aromatic carbocycles. The van der Waals surface area contributed by atoms with Gasteiger partial charge in [0.05, 0.1) is 0 Å². The van der Waals surface area contributed by atoms with E-state index in [1.807, 2.05) is 4.90 Å². The van der Waals surface area contributed by atoms with Crippen molar-refractivity contribution in [1.82, 2.24) is 9.88 Å². The lowest BCUT2D eigenvalue weighted by Crippen LogP contribution is -2.38. The summed E-state index contributed by atoms with van der Waals surface area (Å²) in [5.41, 5.74) is 2.16. The normalized spacial score (nSPS) is 20.1. The zero-order valence-electron chi connectivity index (χ0n) is 11.9. The predicted octanol–water partition coefficient (Wildman–Crippen LogP) is 3.42. The third-order valence-corrected chi connectivity index (χ3v) is 4.78. The number of carbonyl (C=O) groups excluding carboxylic acids is 1. The topological polar surface area (TPSA) is 36.1 Å². The summed E-state index contributed by atoms with van der Waals surface area (Å²) in [6, 6.07) is 6.90. The second kappa shape index (κ2) is 4.86. The van der Waals surface area contributed by atoms with Gasteiger partial charge in [-0.2, -0.15) is 0 Å². The number of nitrogens with zero attached hydrogens (tertiary/aromatic N) is 1. The van der Waals surface area contributed by atoms with Crippen LogP contribution in [0.25, 0.3) is 10.9 Å². The lowest BCUT2D eigenvalue weighted by atomic mass is 9.93. The van der Waals surface area contributed by atoms with E-state index in [0.717, 1.165) is 49.7 Å². The number of nitrogens with one attached hydrogen (secondary N) is 1. The number of aromatic amines is 1. The van der Waals surface area contributed by atoms with Crippen LogP contribution in [0.3, 0.4) is 0 Å². The molecule has 2 aromatic rings. The van der Waals surface area contributed by atoms with E-state index in [9.17, 15) is 9.18 Å². The number of amides is 1. The minimum atomic E-state index is -0.196. The van der Waals surface area contributed by atoms with E-state index in [4.69, 9.17) is 0 Å². The van der Waals surface area contributed by atoms with E-state index in [-0.39, 0.29) is 5.82 Å². The molecule has 0 spiro atoms. The summed E-state index contributed by atoms with van der Waals surface area (Å²) in [7, 11) is 0. The van der Waals surface area contributed by atoms with Crippen LogP contribution < -0.4 is 0 Å². The first-order valence-electron chi connectivity index (χ1n) is 7.77. The maximum absolute atomic E-state index is 13.3. The van der Waals surface area contributed by atoms with Crippen LogP contribution in [0.1, 0.15) is 37.3 Å². The average molecular weight is 286 g/mol. The molecule has 1 aromatic heterocycles. The number of rotatable bonds is 2. The van der Waals surface area contributed by atoms with E-state index < -0.39 is 0 Å². The molecule has 1 aliphatic carbocycles. The quantitative estimate of drug-likeness (QED) is 0.902. The number of H-pyrrole nitrogens is 1. The largest absolute Gasteiger partial charge is 0.358 e. The van der Waals surface area contributed by atoms with Gasteiger partial charge in [-0.25, -0.2) is 4.39 Å². The van der Waals surface area contributed by atoms with Crippen LogP contribution in [0.2, 0.25) is 0 Å². The van der Waals surface area contributed by atoms with Crippen LogP contribution >= 0.6 is 0 Å². The van der Waals surface area contributed by atoms with Crippen molar-refractivity contribution >= 4 is 16.8 Å². The summed E-state index contributed by atoms with van der Waals surface area (Å²) in [4.78, 5) is 17.5. The summed E-state index contributed by atoms with van der Waals surface area (Å²) >= 11 is 0. The number of hydrogen-bond donors (Lipinski definition) is 1. The van der Waals surface area contributed by atoms with Gasteiger partial charge in [0.1, 0.15) is 5.82 Å². The SMILES string of the molecule is O=C(C1CC1)N1CCC(c2cc3cc(F)ccc3[nH]2)CC1. The number of fused-ring (bicyclic) bond motifs is 1. The predicted molar refractivity (Wildman–Crippen MR) is 79.5 cm³/mol. The molecule has 0 unspecified atom stereocenters. The molecule has 1 N–H and O–H groups in total. The lowest BCUT2D eigenvalue weighted by molar-refractivity contribution is -0.133. The van der Waals surface area contributed by atoms with Gasteiger partial charge in [-0.15, -0.1) is 0 Å². The number of carbonyl (C=O) groups is 1. The first-order chi connectivity index (χ1) is 10.2. The molecule has 2 heterocycles. The Labute approximate surface area is 123 Å². The van der Waals surface area contributed by atoms with Crippen LogP contribution in [-0.2, 0) is 4.79 Å². The Balaban J connectivity index is 1.48. The Hall–Kier alpha value is -1.84. The highest BCUT2D eigenvalue weighted by Gasteiger charge is 2.35. The average Bonchev–Trinajstić information content (AvgIpc) is 3.26. The van der Waals surface area contributed by atoms with Gasteiger partial charge in [0.25, 0.3) is 0 Å². The third kappa shape index (κ3) is 2.43. The van der Waals surface area contributed by atoms with Gasteiger partial charge in [0.2, 0.25) is 5.91 Å². The lowest BCUT2D eigenvalue weighted by Gasteiger charge is -2.31. The minimum absolute atomic E-state index is 0.196. The Morgan fingerprint density at radius 2 is 1.90 bits per heavy atom. The van der Waals surface area contributed by atoms with Crippen LogP contribution in [0.5, 0.6) is 0 Å². The Morgan fingerprint density at radius 3 is 2.62 bits per heavy atom. The number of piperidine rings is 1. The molecule has 110 valence electrons. The molecule has 4 rings (SSSR count). The van der Waals surface area contributed by atoms with Crippen LogP contribution in [0, 0.1) is 11.7 Å². The summed E-state index contributed by atoms with van der Waals surface area (Å²) in [5, 5.41) is 0.932. The number of halogens is 1. The Morgan fingerprint density at radius 1 is 1.14 bits per heavy atom. The van der Waals surface area contributed by atoms with Crippen molar-refractivity contribution < 1.29 is 9.18 Å². The van der Waals surface area contributed by atoms with Gasteiger partial charge in [-0.05, 0) is 49.9 Å². The first kappa shape index (κ1) is 12.9. The van der Waals surface area contributed by atoms with Gasteiger partial charge in [0.15, 0.2) is 0 Å². The zero-order chi connectivity index (χ0) is 14.4. The van der Waals surface area contributed by atoms with E-state index >= 15 is 0 Å². The maximum atomic E-state index is 13.3. The highest BCUT2D eigenvalue weighted by molar-refractivity contribution is 5.81. The molecule has 1 saturated carbocycles. The monoisotopic (exact) mass is 286 g/mol. The van der Waals surface area contributed by atoms with Crippen LogP contribution in [0.4, 0.5) is 4.39 Å². The van der Waals surface area contributed by atoms with Crippen molar-refractivity contribution in [3.63, 3.8) is 0 Å². The second-order valence-corrected chi connectivity index (χ2v) is 6.33. The van der Waals surface area contributed by atoms with Crippen molar-refractivity contribution in [3.8, 4) is 0 Å². The summed E-state index contributed by atoms with van der Waals surface area (Å²) in [6.07, 6.45) is 4.14. The molecule has 21 heavy (non-hydrogen) atoms. The molecule has 0 radical (unpaired) electrons. The fraction of sp³-hybridized carbons (Fsp3) is 0.471. The highest BCUT2D eigenvalue weighted by atomic mass is 19.1. The molecule has 0 bridgehead atoms. The zero-order valence-corrected chi connectivity index (χ0v) is 11.9. The van der Waals surface area contributed by atoms with Crippen molar-refractivity contribution in [3.05, 3.63) is 35.8 Å². The first-order valence-corrected chi connectivity index (χ1v) is 7.77. The number of likely N-dealkylation sites (tertiary alicyclic amines) is 1. The standard InChI is InChI=1S/C17H19FN2O/c18-14-3-4-15-13(9-14)10-16(19-15)11-5-7-20(8-6-11)17(21)12-1-2-12/h3-4,9-12,19H,1-2,5-8H2. The van der Waals surface area contributed by atoms with Crippen molar-refractivity contribution in [2.45, 2.75) is 31.6 Å². The molecule has 1 saturated heterocycles. The number of hydrogen-bond acceptors (Lipinski definition) is 1. The molecule has 3 nitrogen and oxygen atoms in total. The van der Waals surface area contributed by atoms with Crippen molar-refractivity contribution in [2.75, 3.05) is 13.1 Å². The van der Waals surface area contributed by atoms with Gasteiger partial charge in [-0.1, -0.05) is 0 Å².